The first-order chi connectivity index (χ1) is 15.7. The summed E-state index contributed by atoms with van der Waals surface area (Å²) in [5.41, 5.74) is 6.29. The number of aromatic nitrogens is 2. The van der Waals surface area contributed by atoms with Gasteiger partial charge in [0.25, 0.3) is 0 Å². The van der Waals surface area contributed by atoms with E-state index >= 15 is 4.39 Å². The van der Waals surface area contributed by atoms with E-state index in [9.17, 15) is 13.2 Å². The number of H-pyrrole nitrogens is 1. The largest absolute Gasteiger partial charge is 0.495 e. The number of halogens is 1. The van der Waals surface area contributed by atoms with Crippen molar-refractivity contribution >= 4 is 26.5 Å². The van der Waals surface area contributed by atoms with Gasteiger partial charge in [0.15, 0.2) is 0 Å². The molecule has 33 heavy (non-hydrogen) atoms. The topological polar surface area (TPSA) is 140 Å². The highest BCUT2D eigenvalue weighted by Gasteiger charge is 2.34. The van der Waals surface area contributed by atoms with E-state index in [0.717, 1.165) is 5.39 Å². The van der Waals surface area contributed by atoms with Crippen LogP contribution in [0.4, 0.5) is 10.1 Å². The Morgan fingerprint density at radius 1 is 1.18 bits per heavy atom. The van der Waals surface area contributed by atoms with E-state index in [2.05, 4.69) is 14.9 Å². The Kier molecular flexibility index (Phi) is 5.91. The first kappa shape index (κ1) is 22.5. The van der Waals surface area contributed by atoms with Gasteiger partial charge in [-0.2, -0.15) is 4.72 Å². The van der Waals surface area contributed by atoms with Gasteiger partial charge in [0.05, 0.1) is 7.11 Å². The highest BCUT2D eigenvalue weighted by atomic mass is 32.2. The molecule has 0 amide bonds. The maximum Gasteiger partial charge on any atom is 0.434 e. The van der Waals surface area contributed by atoms with E-state index in [1.165, 1.54) is 31.4 Å². The number of ether oxygens (including phenoxy) is 1. The quantitative estimate of drug-likeness (QED) is 0.351. The molecule has 0 aliphatic heterocycles. The summed E-state index contributed by atoms with van der Waals surface area (Å²) in [4.78, 5) is 11.4. The van der Waals surface area contributed by atoms with Gasteiger partial charge in [-0.25, -0.2) is 22.7 Å². The van der Waals surface area contributed by atoms with Crippen molar-refractivity contribution in [1.82, 2.24) is 14.9 Å². The van der Waals surface area contributed by atoms with Crippen LogP contribution in [-0.2, 0) is 10.0 Å². The Balaban J connectivity index is 1.84. The van der Waals surface area contributed by atoms with Gasteiger partial charge in [-0.05, 0) is 29.0 Å². The number of hydrogen-bond acceptors (Lipinski definition) is 7. The second-order valence-corrected chi connectivity index (χ2v) is 9.11. The number of nitrogens with zero attached hydrogens (tertiary/aromatic N) is 1. The number of methoxy groups -OCH3 is 1. The first-order valence-electron chi connectivity index (χ1n) is 9.89. The molecule has 0 aliphatic rings. The van der Waals surface area contributed by atoms with Crippen LogP contribution >= 0.6 is 0 Å². The van der Waals surface area contributed by atoms with Crippen molar-refractivity contribution < 1.29 is 22.0 Å². The van der Waals surface area contributed by atoms with Crippen LogP contribution in [0.25, 0.3) is 10.8 Å². The minimum Gasteiger partial charge on any atom is -0.495 e. The van der Waals surface area contributed by atoms with Gasteiger partial charge in [-0.1, -0.05) is 37.3 Å². The zero-order valence-electron chi connectivity index (χ0n) is 17.7. The van der Waals surface area contributed by atoms with E-state index < -0.39 is 33.6 Å². The summed E-state index contributed by atoms with van der Waals surface area (Å²) < 4.78 is 54.4. The summed E-state index contributed by atoms with van der Waals surface area (Å²) in [5.74, 6) is -2.44. The molecule has 4 N–H and O–H groups in total. The lowest BCUT2D eigenvalue weighted by Gasteiger charge is -2.24. The number of anilines is 1. The summed E-state index contributed by atoms with van der Waals surface area (Å²) in [7, 11) is -2.93. The fraction of sp³-hybridized carbons (Fsp3) is 0.182. The Bertz CT molecular complexity index is 1480. The number of benzene rings is 3. The Labute approximate surface area is 188 Å². The third kappa shape index (κ3) is 4.32. The molecule has 0 radical (unpaired) electrons. The van der Waals surface area contributed by atoms with Crippen molar-refractivity contribution in [3.05, 3.63) is 82.4 Å². The fourth-order valence-corrected chi connectivity index (χ4v) is 5.20. The van der Waals surface area contributed by atoms with Gasteiger partial charge >= 0.3 is 5.76 Å². The Morgan fingerprint density at radius 2 is 1.94 bits per heavy atom. The number of nitrogens with one attached hydrogen (secondary N) is 2. The lowest BCUT2D eigenvalue weighted by molar-refractivity contribution is 0.376. The van der Waals surface area contributed by atoms with E-state index in [4.69, 9.17) is 14.9 Å². The van der Waals surface area contributed by atoms with E-state index in [-0.39, 0.29) is 22.1 Å². The van der Waals surface area contributed by atoms with Crippen molar-refractivity contribution in [2.75, 3.05) is 12.8 Å². The SMILES string of the molecule is COc1cc(N)ccc1S(=O)(=O)NC(c1n[nH]c(=O)o1)C(C)c1c(F)ccc2ccccc12. The lowest BCUT2D eigenvalue weighted by atomic mass is 9.89. The number of rotatable bonds is 7. The van der Waals surface area contributed by atoms with Gasteiger partial charge < -0.3 is 14.9 Å². The fourth-order valence-electron chi connectivity index (χ4n) is 3.78. The third-order valence-electron chi connectivity index (χ3n) is 5.35. The summed E-state index contributed by atoms with van der Waals surface area (Å²) >= 11 is 0. The molecule has 0 spiro atoms. The molecular formula is C22H21FN4O5S. The van der Waals surface area contributed by atoms with Gasteiger partial charge in [0, 0.05) is 23.2 Å². The van der Waals surface area contributed by atoms with Crippen molar-refractivity contribution in [2.45, 2.75) is 23.8 Å². The molecule has 0 saturated heterocycles. The van der Waals surface area contributed by atoms with Crippen LogP contribution < -0.4 is 20.9 Å². The molecule has 4 rings (SSSR count). The monoisotopic (exact) mass is 472 g/mol. The van der Waals surface area contributed by atoms with Gasteiger partial charge in [0.1, 0.15) is 22.5 Å². The van der Waals surface area contributed by atoms with Gasteiger partial charge in [-0.15, -0.1) is 5.10 Å². The molecule has 172 valence electrons. The van der Waals surface area contributed by atoms with Crippen LogP contribution in [0.3, 0.4) is 0 Å². The van der Waals surface area contributed by atoms with Crippen molar-refractivity contribution in [1.29, 1.82) is 0 Å². The van der Waals surface area contributed by atoms with Crippen LogP contribution in [0.1, 0.15) is 30.3 Å². The van der Waals surface area contributed by atoms with E-state index in [0.29, 0.717) is 11.1 Å². The smallest absolute Gasteiger partial charge is 0.434 e. The van der Waals surface area contributed by atoms with Crippen molar-refractivity contribution in [2.24, 2.45) is 0 Å². The van der Waals surface area contributed by atoms with Crippen molar-refractivity contribution in [3.8, 4) is 5.75 Å². The molecule has 0 saturated carbocycles. The number of sulfonamides is 1. The number of nitrogens with two attached hydrogens (primary N) is 1. The van der Waals surface area contributed by atoms with Crippen LogP contribution in [0.15, 0.2) is 68.7 Å². The van der Waals surface area contributed by atoms with Gasteiger partial charge in [-0.3, -0.25) is 0 Å². The lowest BCUT2D eigenvalue weighted by Crippen LogP contribution is -2.33. The third-order valence-corrected chi connectivity index (χ3v) is 6.83. The minimum atomic E-state index is -4.25. The first-order valence-corrected chi connectivity index (χ1v) is 11.4. The number of hydrogen-bond donors (Lipinski definition) is 3. The predicted molar refractivity (Wildman–Crippen MR) is 120 cm³/mol. The molecule has 2 atom stereocenters. The second-order valence-electron chi connectivity index (χ2n) is 7.43. The van der Waals surface area contributed by atoms with Crippen LogP contribution in [0, 0.1) is 5.82 Å². The highest BCUT2D eigenvalue weighted by Crippen LogP contribution is 2.37. The number of nitrogen functional groups attached to an aromatic ring is 1. The number of fused-ring (bicyclic) bond motifs is 1. The molecule has 0 fully saturated rings. The van der Waals surface area contributed by atoms with Crippen LogP contribution in [-0.4, -0.2) is 25.7 Å². The standard InChI is InChI=1S/C22H21FN4O5S/c1-12(19-15-6-4-3-5-13(15)7-9-16(19)23)20(21-25-26-22(28)32-21)27-33(29,30)18-10-8-14(24)11-17(18)31-2/h3-12,20,27H,24H2,1-2H3,(H,26,28). The molecule has 9 nitrogen and oxygen atoms in total. The molecule has 0 bridgehead atoms. The summed E-state index contributed by atoms with van der Waals surface area (Å²) in [6.45, 7) is 1.62. The molecule has 1 heterocycles. The second kappa shape index (κ2) is 8.68. The molecule has 2 unspecified atom stereocenters. The highest BCUT2D eigenvalue weighted by molar-refractivity contribution is 7.89. The molecule has 1 aromatic heterocycles. The summed E-state index contributed by atoms with van der Waals surface area (Å²) in [6, 6.07) is 12.9. The normalized spacial score (nSPS) is 13.7. The van der Waals surface area contributed by atoms with E-state index in [1.807, 2.05) is 12.1 Å². The zero-order chi connectivity index (χ0) is 23.8. The molecule has 3 aromatic carbocycles. The molecule has 11 heteroatoms. The molecule has 4 aromatic rings. The number of aromatic amines is 1. The van der Waals surface area contributed by atoms with Crippen molar-refractivity contribution in [3.63, 3.8) is 0 Å². The van der Waals surface area contributed by atoms with Crippen LogP contribution in [0.5, 0.6) is 5.75 Å². The zero-order valence-corrected chi connectivity index (χ0v) is 18.5. The summed E-state index contributed by atoms with van der Waals surface area (Å²) in [5, 5.41) is 7.29. The Hall–Kier alpha value is -3.70. The minimum absolute atomic E-state index is 0.0220. The average Bonchev–Trinajstić information content (AvgIpc) is 3.22. The Morgan fingerprint density at radius 3 is 2.64 bits per heavy atom. The molecule has 0 aliphatic carbocycles. The van der Waals surface area contributed by atoms with E-state index in [1.54, 1.807) is 25.1 Å². The van der Waals surface area contributed by atoms with Gasteiger partial charge in [0.2, 0.25) is 15.9 Å². The predicted octanol–water partition coefficient (Wildman–Crippen LogP) is 3.07. The summed E-state index contributed by atoms with van der Waals surface area (Å²) in [6.07, 6.45) is 0. The average molecular weight is 472 g/mol. The molecular weight excluding hydrogens is 451 g/mol. The maximum absolute atomic E-state index is 15.0. The maximum atomic E-state index is 15.0. The van der Waals surface area contributed by atoms with Crippen LogP contribution in [0.2, 0.25) is 0 Å².